The van der Waals surface area contributed by atoms with Crippen LogP contribution in [0.3, 0.4) is 0 Å². The Balaban J connectivity index is 1.58. The smallest absolute Gasteiger partial charge is 0.223 e. The molecule has 5 nitrogen and oxygen atoms in total. The molecule has 0 saturated carbocycles. The molecule has 1 N–H and O–H groups in total. The molecule has 2 unspecified atom stereocenters. The molecule has 25 heavy (non-hydrogen) atoms. The molecule has 1 aromatic heterocycles. The summed E-state index contributed by atoms with van der Waals surface area (Å²) in [5.74, 6) is 1.64. The number of benzene rings is 1. The van der Waals surface area contributed by atoms with Crippen molar-refractivity contribution in [2.75, 3.05) is 13.2 Å². The van der Waals surface area contributed by atoms with Crippen LogP contribution in [-0.2, 0) is 11.2 Å². The Morgan fingerprint density at radius 2 is 2.08 bits per heavy atom. The number of amides is 1. The van der Waals surface area contributed by atoms with E-state index in [0.717, 1.165) is 24.2 Å². The number of aryl methyl sites for hydroxylation is 2. The lowest BCUT2D eigenvalue weighted by molar-refractivity contribution is -0.136. The van der Waals surface area contributed by atoms with Gasteiger partial charge in [-0.2, -0.15) is 0 Å². The minimum atomic E-state index is 0.112. The number of carbonyl (C=O) groups excluding carboxylic acids is 1. The van der Waals surface area contributed by atoms with Crippen LogP contribution in [0.15, 0.2) is 34.9 Å². The third-order valence-electron chi connectivity index (χ3n) is 5.00. The summed E-state index contributed by atoms with van der Waals surface area (Å²) in [4.78, 5) is 18.7. The molecular weight excluding hydrogens is 316 g/mol. The molecule has 1 fully saturated rings. The number of aliphatic hydroxyl groups excluding tert-OH is 1. The zero-order valence-corrected chi connectivity index (χ0v) is 14.9. The van der Waals surface area contributed by atoms with E-state index in [1.807, 2.05) is 36.1 Å². The summed E-state index contributed by atoms with van der Waals surface area (Å²) in [5.41, 5.74) is 2.19. The van der Waals surface area contributed by atoms with Gasteiger partial charge in [0.25, 0.3) is 0 Å². The number of nitrogens with zero attached hydrogens (tertiary/aromatic N) is 2. The van der Waals surface area contributed by atoms with Gasteiger partial charge in [-0.05, 0) is 32.6 Å². The van der Waals surface area contributed by atoms with Crippen LogP contribution in [0.25, 0.3) is 11.3 Å². The summed E-state index contributed by atoms with van der Waals surface area (Å²) < 4.78 is 5.79. The Labute approximate surface area is 148 Å². The molecule has 1 aliphatic rings. The quantitative estimate of drug-likeness (QED) is 0.906. The van der Waals surface area contributed by atoms with Crippen molar-refractivity contribution in [3.8, 4) is 11.3 Å². The summed E-state index contributed by atoms with van der Waals surface area (Å²) in [6.07, 6.45) is 4.54. The van der Waals surface area contributed by atoms with Crippen LogP contribution in [0.2, 0.25) is 0 Å². The fourth-order valence-electron chi connectivity index (χ4n) is 3.31. The van der Waals surface area contributed by atoms with E-state index in [1.165, 1.54) is 5.56 Å². The third kappa shape index (κ3) is 4.28. The van der Waals surface area contributed by atoms with Crippen LogP contribution in [-0.4, -0.2) is 40.1 Å². The van der Waals surface area contributed by atoms with Gasteiger partial charge in [-0.1, -0.05) is 29.8 Å². The zero-order chi connectivity index (χ0) is 17.8. The molecule has 2 heterocycles. The van der Waals surface area contributed by atoms with Gasteiger partial charge in [-0.25, -0.2) is 4.98 Å². The van der Waals surface area contributed by atoms with E-state index < -0.39 is 0 Å². The molecule has 2 aromatic rings. The molecule has 1 amide bonds. The lowest BCUT2D eigenvalue weighted by Crippen LogP contribution is -2.46. The van der Waals surface area contributed by atoms with Crippen LogP contribution < -0.4 is 0 Å². The molecule has 0 spiro atoms. The minimum absolute atomic E-state index is 0.112. The largest absolute Gasteiger partial charge is 0.441 e. The monoisotopic (exact) mass is 342 g/mol. The number of hydrogen-bond acceptors (Lipinski definition) is 4. The van der Waals surface area contributed by atoms with E-state index in [9.17, 15) is 9.90 Å². The van der Waals surface area contributed by atoms with Crippen molar-refractivity contribution in [3.63, 3.8) is 0 Å². The molecule has 0 aliphatic carbocycles. The Kier molecular flexibility index (Phi) is 5.53. The Bertz CT molecular complexity index is 708. The first-order chi connectivity index (χ1) is 12.1. The number of aromatic nitrogens is 1. The Morgan fingerprint density at radius 1 is 1.32 bits per heavy atom. The number of aliphatic hydroxyl groups is 1. The topological polar surface area (TPSA) is 66.6 Å². The van der Waals surface area contributed by atoms with Gasteiger partial charge in [0.15, 0.2) is 11.7 Å². The van der Waals surface area contributed by atoms with Crippen molar-refractivity contribution in [3.05, 3.63) is 41.9 Å². The average molecular weight is 342 g/mol. The molecular formula is C20H26N2O3. The van der Waals surface area contributed by atoms with Crippen molar-refractivity contribution >= 4 is 5.91 Å². The van der Waals surface area contributed by atoms with Crippen LogP contribution in [0.4, 0.5) is 0 Å². The van der Waals surface area contributed by atoms with E-state index in [1.54, 1.807) is 6.20 Å². The Morgan fingerprint density at radius 3 is 2.80 bits per heavy atom. The van der Waals surface area contributed by atoms with Gasteiger partial charge in [-0.3, -0.25) is 4.79 Å². The highest BCUT2D eigenvalue weighted by molar-refractivity contribution is 5.76. The third-order valence-corrected chi connectivity index (χ3v) is 5.00. The second-order valence-corrected chi connectivity index (χ2v) is 7.01. The highest BCUT2D eigenvalue weighted by atomic mass is 16.4. The molecule has 134 valence electrons. The van der Waals surface area contributed by atoms with Gasteiger partial charge in [-0.15, -0.1) is 0 Å². The van der Waals surface area contributed by atoms with Crippen LogP contribution in [0, 0.1) is 12.8 Å². The maximum atomic E-state index is 12.5. The van der Waals surface area contributed by atoms with E-state index in [2.05, 4.69) is 11.9 Å². The lowest BCUT2D eigenvalue weighted by Gasteiger charge is -2.37. The summed E-state index contributed by atoms with van der Waals surface area (Å²) >= 11 is 0. The first kappa shape index (κ1) is 17.7. The number of hydrogen-bond donors (Lipinski definition) is 1. The highest BCUT2D eigenvalue weighted by Crippen LogP contribution is 2.24. The van der Waals surface area contributed by atoms with Crippen molar-refractivity contribution in [1.82, 2.24) is 9.88 Å². The van der Waals surface area contributed by atoms with Crippen LogP contribution >= 0.6 is 0 Å². The van der Waals surface area contributed by atoms with Gasteiger partial charge in [0.2, 0.25) is 5.91 Å². The first-order valence-corrected chi connectivity index (χ1v) is 8.99. The Hall–Kier alpha value is -2.14. The maximum absolute atomic E-state index is 12.5. The van der Waals surface area contributed by atoms with Crippen molar-refractivity contribution in [1.29, 1.82) is 0 Å². The number of oxazole rings is 1. The minimum Gasteiger partial charge on any atom is -0.441 e. The fraction of sp³-hybridized carbons (Fsp3) is 0.500. The van der Waals surface area contributed by atoms with Crippen LogP contribution in [0.5, 0.6) is 0 Å². The molecule has 1 aliphatic heterocycles. The summed E-state index contributed by atoms with van der Waals surface area (Å²) in [7, 11) is 0. The predicted octanol–water partition coefficient (Wildman–Crippen LogP) is 3.20. The zero-order valence-electron chi connectivity index (χ0n) is 14.9. The van der Waals surface area contributed by atoms with Crippen LogP contribution in [0.1, 0.15) is 37.6 Å². The number of rotatable bonds is 5. The predicted molar refractivity (Wildman–Crippen MR) is 96.0 cm³/mol. The molecule has 2 atom stereocenters. The summed E-state index contributed by atoms with van der Waals surface area (Å²) in [5, 5.41) is 9.35. The van der Waals surface area contributed by atoms with Gasteiger partial charge in [0.05, 0.1) is 6.20 Å². The number of carbonyl (C=O) groups is 1. The summed E-state index contributed by atoms with van der Waals surface area (Å²) in [6.45, 7) is 4.92. The van der Waals surface area contributed by atoms with Gasteiger partial charge in [0.1, 0.15) is 0 Å². The lowest BCUT2D eigenvalue weighted by atomic mass is 9.94. The van der Waals surface area contributed by atoms with E-state index in [0.29, 0.717) is 25.3 Å². The van der Waals surface area contributed by atoms with Crippen molar-refractivity contribution in [2.45, 2.75) is 45.6 Å². The molecule has 0 bridgehead atoms. The average Bonchev–Trinajstić information content (AvgIpc) is 3.09. The number of piperidine rings is 1. The second-order valence-electron chi connectivity index (χ2n) is 7.01. The van der Waals surface area contributed by atoms with Gasteiger partial charge in [0, 0.05) is 37.6 Å². The molecule has 3 rings (SSSR count). The molecule has 5 heteroatoms. The highest BCUT2D eigenvalue weighted by Gasteiger charge is 2.28. The molecule has 1 saturated heterocycles. The fourth-order valence-corrected chi connectivity index (χ4v) is 3.31. The van der Waals surface area contributed by atoms with E-state index in [-0.39, 0.29) is 24.5 Å². The van der Waals surface area contributed by atoms with Gasteiger partial charge >= 0.3 is 0 Å². The second kappa shape index (κ2) is 7.83. The van der Waals surface area contributed by atoms with Gasteiger partial charge < -0.3 is 14.4 Å². The summed E-state index contributed by atoms with van der Waals surface area (Å²) in [6, 6.07) is 8.33. The standard InChI is InChI=1S/C20H26N2O3/c1-14-3-7-17(8-4-14)18-11-21-19(25-18)9-10-20(24)22-12-16(13-23)6-5-15(22)2/h3-4,7-8,11,15-16,23H,5-6,9-10,12-13H2,1-2H3. The normalized spacial score (nSPS) is 20.7. The van der Waals surface area contributed by atoms with Crippen molar-refractivity contribution in [2.24, 2.45) is 5.92 Å². The van der Waals surface area contributed by atoms with Crippen molar-refractivity contribution < 1.29 is 14.3 Å². The molecule has 1 aromatic carbocycles. The first-order valence-electron chi connectivity index (χ1n) is 8.99. The number of likely N-dealkylation sites (tertiary alicyclic amines) is 1. The van der Waals surface area contributed by atoms with E-state index in [4.69, 9.17) is 4.42 Å². The maximum Gasteiger partial charge on any atom is 0.223 e. The SMILES string of the molecule is Cc1ccc(-c2cnc(CCC(=O)N3CC(CO)CCC3C)o2)cc1. The van der Waals surface area contributed by atoms with E-state index >= 15 is 0 Å². The molecule has 0 radical (unpaired) electrons.